The molecule has 0 bridgehead atoms. The lowest BCUT2D eigenvalue weighted by atomic mass is 9.99. The summed E-state index contributed by atoms with van der Waals surface area (Å²) in [6.45, 7) is 4.77. The first-order chi connectivity index (χ1) is 9.87. The molecule has 0 spiro atoms. The molecule has 2 aromatic rings. The first-order valence-electron chi connectivity index (χ1n) is 7.25. The first kappa shape index (κ1) is 16.0. The van der Waals surface area contributed by atoms with E-state index >= 15 is 0 Å². The van der Waals surface area contributed by atoms with Crippen LogP contribution in [0.4, 0.5) is 0 Å². The lowest BCUT2D eigenvalue weighted by Gasteiger charge is -2.19. The molecule has 0 radical (unpaired) electrons. The lowest BCUT2D eigenvalue weighted by Crippen LogP contribution is -2.28. The Labute approximate surface area is 127 Å². The lowest BCUT2D eigenvalue weighted by molar-refractivity contribution is 0.493. The highest BCUT2D eigenvalue weighted by Crippen LogP contribution is 2.24. The highest BCUT2D eigenvalue weighted by Gasteiger charge is 2.13. The van der Waals surface area contributed by atoms with Gasteiger partial charge in [0.15, 0.2) is 0 Å². The van der Waals surface area contributed by atoms with E-state index in [-0.39, 0.29) is 17.7 Å². The maximum absolute atomic E-state index is 11.3. The number of sulfone groups is 1. The summed E-state index contributed by atoms with van der Waals surface area (Å²) in [5.74, 6) is 0.333. The number of hydrogen-bond donors (Lipinski definition) is 1. The molecule has 0 aliphatic carbocycles. The average Bonchev–Trinajstić information content (AvgIpc) is 2.42. The van der Waals surface area contributed by atoms with E-state index in [2.05, 4.69) is 42.6 Å². The topological polar surface area (TPSA) is 46.2 Å². The van der Waals surface area contributed by atoms with Crippen molar-refractivity contribution in [2.45, 2.75) is 19.9 Å². The molecule has 2 unspecified atom stereocenters. The number of nitrogens with one attached hydrogen (secondary N) is 1. The molecule has 4 heteroatoms. The minimum Gasteiger partial charge on any atom is -0.310 e. The summed E-state index contributed by atoms with van der Waals surface area (Å²) in [7, 11) is -2.91. The van der Waals surface area contributed by atoms with Gasteiger partial charge < -0.3 is 5.32 Å². The minimum atomic E-state index is -2.91. The van der Waals surface area contributed by atoms with Gasteiger partial charge in [-0.25, -0.2) is 8.42 Å². The SMILES string of the molecule is CC(CNC(C)c1cccc2ccccc12)CS(C)(=O)=O. The fourth-order valence-corrected chi connectivity index (χ4v) is 3.84. The Morgan fingerprint density at radius 2 is 1.71 bits per heavy atom. The van der Waals surface area contributed by atoms with Crippen molar-refractivity contribution in [3.8, 4) is 0 Å². The molecular weight excluding hydrogens is 282 g/mol. The van der Waals surface area contributed by atoms with Crippen LogP contribution < -0.4 is 5.32 Å². The summed E-state index contributed by atoms with van der Waals surface area (Å²) < 4.78 is 22.6. The van der Waals surface area contributed by atoms with Gasteiger partial charge in [-0.3, -0.25) is 0 Å². The molecule has 2 aromatic carbocycles. The fraction of sp³-hybridized carbons (Fsp3) is 0.412. The molecule has 1 N–H and O–H groups in total. The number of hydrogen-bond acceptors (Lipinski definition) is 3. The van der Waals surface area contributed by atoms with E-state index in [0.717, 1.165) is 0 Å². The Balaban J connectivity index is 2.07. The zero-order valence-corrected chi connectivity index (χ0v) is 13.7. The van der Waals surface area contributed by atoms with Crippen LogP contribution in [0.25, 0.3) is 10.8 Å². The molecule has 0 aliphatic rings. The van der Waals surface area contributed by atoms with Gasteiger partial charge >= 0.3 is 0 Å². The van der Waals surface area contributed by atoms with E-state index in [1.54, 1.807) is 0 Å². The summed E-state index contributed by atoms with van der Waals surface area (Å²) in [5, 5.41) is 5.92. The van der Waals surface area contributed by atoms with Crippen molar-refractivity contribution in [3.63, 3.8) is 0 Å². The second kappa shape index (κ2) is 6.58. The van der Waals surface area contributed by atoms with Crippen LogP contribution in [0, 0.1) is 5.92 Å². The van der Waals surface area contributed by atoms with E-state index in [1.165, 1.54) is 22.6 Å². The van der Waals surface area contributed by atoms with Gasteiger partial charge in [0.25, 0.3) is 0 Å². The first-order valence-corrected chi connectivity index (χ1v) is 9.31. The predicted molar refractivity (Wildman–Crippen MR) is 89.2 cm³/mol. The van der Waals surface area contributed by atoms with Crippen LogP contribution in [0.2, 0.25) is 0 Å². The monoisotopic (exact) mass is 305 g/mol. The molecule has 0 saturated carbocycles. The summed E-state index contributed by atoms with van der Waals surface area (Å²) in [5.41, 5.74) is 1.25. The third-order valence-electron chi connectivity index (χ3n) is 3.65. The van der Waals surface area contributed by atoms with Gasteiger partial charge in [-0.1, -0.05) is 49.4 Å². The van der Waals surface area contributed by atoms with Gasteiger partial charge in [0.2, 0.25) is 0 Å². The zero-order chi connectivity index (χ0) is 15.5. The van der Waals surface area contributed by atoms with Gasteiger partial charge in [0, 0.05) is 12.3 Å². The minimum absolute atomic E-state index is 0.109. The van der Waals surface area contributed by atoms with Crippen LogP contribution in [-0.2, 0) is 9.84 Å². The van der Waals surface area contributed by atoms with Crippen LogP contribution in [0.5, 0.6) is 0 Å². The molecule has 0 aromatic heterocycles. The molecule has 2 rings (SSSR count). The predicted octanol–water partition coefficient (Wildman–Crippen LogP) is 3.17. The fourth-order valence-electron chi connectivity index (χ4n) is 2.69. The average molecular weight is 305 g/mol. The molecule has 3 nitrogen and oxygen atoms in total. The van der Waals surface area contributed by atoms with Crippen molar-refractivity contribution in [2.75, 3.05) is 18.6 Å². The van der Waals surface area contributed by atoms with Gasteiger partial charge in [0.05, 0.1) is 5.75 Å². The van der Waals surface area contributed by atoms with Crippen LogP contribution >= 0.6 is 0 Å². The van der Waals surface area contributed by atoms with Crippen molar-refractivity contribution in [3.05, 3.63) is 48.0 Å². The maximum atomic E-state index is 11.3. The Kier molecular flexibility index (Phi) is 5.01. The highest BCUT2D eigenvalue weighted by molar-refractivity contribution is 7.90. The second-order valence-electron chi connectivity index (χ2n) is 5.90. The number of benzene rings is 2. The Morgan fingerprint density at radius 1 is 1.05 bits per heavy atom. The Bertz CT molecular complexity index is 704. The van der Waals surface area contributed by atoms with Crippen LogP contribution in [0.1, 0.15) is 25.5 Å². The summed E-state index contributed by atoms with van der Waals surface area (Å²) in [4.78, 5) is 0. The van der Waals surface area contributed by atoms with Crippen LogP contribution in [0.15, 0.2) is 42.5 Å². The van der Waals surface area contributed by atoms with Gasteiger partial charge in [-0.05, 0) is 35.7 Å². The second-order valence-corrected chi connectivity index (χ2v) is 8.08. The molecule has 0 saturated heterocycles. The van der Waals surface area contributed by atoms with Gasteiger partial charge in [-0.15, -0.1) is 0 Å². The number of fused-ring (bicyclic) bond motifs is 1. The maximum Gasteiger partial charge on any atom is 0.147 e. The van der Waals surface area contributed by atoms with Gasteiger partial charge in [-0.2, -0.15) is 0 Å². The van der Waals surface area contributed by atoms with Gasteiger partial charge in [0.1, 0.15) is 9.84 Å². The van der Waals surface area contributed by atoms with E-state index in [9.17, 15) is 8.42 Å². The quantitative estimate of drug-likeness (QED) is 0.891. The standard InChI is InChI=1S/C17H23NO2S/c1-13(12-21(3,19)20)11-18-14(2)16-10-6-8-15-7-4-5-9-17(15)16/h4-10,13-14,18H,11-12H2,1-3H3. The van der Waals surface area contributed by atoms with Crippen molar-refractivity contribution < 1.29 is 8.42 Å². The molecule has 114 valence electrons. The molecule has 0 aliphatic heterocycles. The molecular formula is C17H23NO2S. The van der Waals surface area contributed by atoms with Crippen molar-refractivity contribution in [1.82, 2.24) is 5.32 Å². The Morgan fingerprint density at radius 3 is 2.43 bits per heavy atom. The van der Waals surface area contributed by atoms with E-state index in [1.807, 2.05) is 19.1 Å². The van der Waals surface area contributed by atoms with Crippen LogP contribution in [-0.4, -0.2) is 27.0 Å². The third kappa shape index (κ3) is 4.55. The third-order valence-corrected chi connectivity index (χ3v) is 4.82. The normalized spacial score (nSPS) is 15.0. The van der Waals surface area contributed by atoms with Crippen molar-refractivity contribution >= 4 is 20.6 Å². The van der Waals surface area contributed by atoms with Crippen molar-refractivity contribution in [2.24, 2.45) is 5.92 Å². The molecule has 0 heterocycles. The van der Waals surface area contributed by atoms with E-state index < -0.39 is 9.84 Å². The molecule has 0 amide bonds. The summed E-state index contributed by atoms with van der Waals surface area (Å²) in [6.07, 6.45) is 1.29. The summed E-state index contributed by atoms with van der Waals surface area (Å²) >= 11 is 0. The summed E-state index contributed by atoms with van der Waals surface area (Å²) in [6, 6.07) is 14.8. The number of rotatable bonds is 6. The largest absolute Gasteiger partial charge is 0.310 e. The zero-order valence-electron chi connectivity index (χ0n) is 12.8. The van der Waals surface area contributed by atoms with Crippen LogP contribution in [0.3, 0.4) is 0 Å². The molecule has 21 heavy (non-hydrogen) atoms. The Hall–Kier alpha value is -1.39. The highest BCUT2D eigenvalue weighted by atomic mass is 32.2. The van der Waals surface area contributed by atoms with E-state index in [4.69, 9.17) is 0 Å². The molecule has 0 fully saturated rings. The smallest absolute Gasteiger partial charge is 0.147 e. The van der Waals surface area contributed by atoms with E-state index in [0.29, 0.717) is 6.54 Å². The van der Waals surface area contributed by atoms with Crippen molar-refractivity contribution in [1.29, 1.82) is 0 Å². The molecule has 2 atom stereocenters.